The zero-order chi connectivity index (χ0) is 14.0. The maximum absolute atomic E-state index is 12.2. The van der Waals surface area contributed by atoms with Crippen LogP contribution >= 0.6 is 11.6 Å². The molecule has 0 spiro atoms. The molecule has 0 fully saturated rings. The van der Waals surface area contributed by atoms with Crippen LogP contribution in [0.15, 0.2) is 30.6 Å². The zero-order valence-electron chi connectivity index (χ0n) is 10.8. The maximum Gasteiger partial charge on any atom is 0.253 e. The molecule has 2 aromatic rings. The second-order valence-corrected chi connectivity index (χ2v) is 4.83. The van der Waals surface area contributed by atoms with Crippen molar-refractivity contribution in [1.29, 1.82) is 0 Å². The van der Waals surface area contributed by atoms with Gasteiger partial charge in [0, 0.05) is 38.0 Å². The highest BCUT2D eigenvalue weighted by atomic mass is 35.5. The monoisotopic (exact) mass is 278 g/mol. The molecule has 100 valence electrons. The van der Waals surface area contributed by atoms with Gasteiger partial charge < -0.3 is 10.6 Å². The molecule has 1 amide bonds. The molecule has 1 aromatic heterocycles. The number of aromatic nitrogens is 2. The van der Waals surface area contributed by atoms with Crippen LogP contribution in [0.25, 0.3) is 0 Å². The second-order valence-electron chi connectivity index (χ2n) is 4.42. The van der Waals surface area contributed by atoms with Gasteiger partial charge in [-0.25, -0.2) is 0 Å². The molecule has 0 unspecified atom stereocenters. The smallest absolute Gasteiger partial charge is 0.253 e. The molecule has 1 heterocycles. The lowest BCUT2D eigenvalue weighted by Gasteiger charge is -2.16. The highest BCUT2D eigenvalue weighted by Crippen LogP contribution is 2.20. The van der Waals surface area contributed by atoms with Crippen LogP contribution in [0.1, 0.15) is 15.9 Å². The normalized spacial score (nSPS) is 10.5. The molecule has 5 nitrogen and oxygen atoms in total. The summed E-state index contributed by atoms with van der Waals surface area (Å²) in [5.74, 6) is -0.106. The summed E-state index contributed by atoms with van der Waals surface area (Å²) in [4.78, 5) is 13.8. The van der Waals surface area contributed by atoms with E-state index >= 15 is 0 Å². The van der Waals surface area contributed by atoms with Crippen LogP contribution in [0.4, 0.5) is 5.69 Å². The van der Waals surface area contributed by atoms with E-state index in [0.717, 1.165) is 5.56 Å². The highest BCUT2D eigenvalue weighted by Gasteiger charge is 2.13. The Morgan fingerprint density at radius 1 is 1.53 bits per heavy atom. The molecule has 19 heavy (non-hydrogen) atoms. The molecule has 0 atom stereocenters. The average Bonchev–Trinajstić information content (AvgIpc) is 2.77. The topological polar surface area (TPSA) is 64.2 Å². The van der Waals surface area contributed by atoms with Gasteiger partial charge in [0.1, 0.15) is 0 Å². The Labute approximate surface area is 116 Å². The van der Waals surface area contributed by atoms with Crippen LogP contribution in [-0.4, -0.2) is 27.6 Å². The fraction of sp³-hybridized carbons (Fsp3) is 0.231. The van der Waals surface area contributed by atoms with Gasteiger partial charge in [-0.3, -0.25) is 9.48 Å². The molecular weight excluding hydrogens is 264 g/mol. The fourth-order valence-corrected chi connectivity index (χ4v) is 1.96. The van der Waals surface area contributed by atoms with Gasteiger partial charge in [0.25, 0.3) is 5.91 Å². The van der Waals surface area contributed by atoms with Gasteiger partial charge in [0.2, 0.25) is 0 Å². The number of nitrogen functional groups attached to an aromatic ring is 1. The molecule has 0 aliphatic rings. The number of anilines is 1. The van der Waals surface area contributed by atoms with E-state index < -0.39 is 0 Å². The molecule has 1 aromatic carbocycles. The van der Waals surface area contributed by atoms with E-state index in [4.69, 9.17) is 17.3 Å². The summed E-state index contributed by atoms with van der Waals surface area (Å²) in [5, 5.41) is 4.46. The molecule has 2 rings (SSSR count). The number of rotatable bonds is 3. The van der Waals surface area contributed by atoms with Crippen LogP contribution in [0.5, 0.6) is 0 Å². The molecule has 0 aliphatic heterocycles. The lowest BCUT2D eigenvalue weighted by atomic mass is 10.2. The van der Waals surface area contributed by atoms with Crippen molar-refractivity contribution in [1.82, 2.24) is 14.7 Å². The van der Waals surface area contributed by atoms with Crippen LogP contribution in [0, 0.1) is 0 Å². The molecule has 0 saturated heterocycles. The Bertz CT molecular complexity index is 608. The van der Waals surface area contributed by atoms with Crippen LogP contribution in [0.2, 0.25) is 5.02 Å². The standard InChI is InChI=1S/C13H15ClN4O/c1-17(7-9-6-16-18(2)8-9)13(19)10-3-4-12(15)11(14)5-10/h3-6,8H,7,15H2,1-2H3. The second kappa shape index (κ2) is 5.32. The quantitative estimate of drug-likeness (QED) is 0.873. The number of aryl methyl sites for hydroxylation is 1. The third kappa shape index (κ3) is 3.06. The zero-order valence-corrected chi connectivity index (χ0v) is 11.6. The minimum atomic E-state index is -0.106. The van der Waals surface area contributed by atoms with Crippen molar-refractivity contribution in [3.63, 3.8) is 0 Å². The SMILES string of the molecule is CN(Cc1cnn(C)c1)C(=O)c1ccc(N)c(Cl)c1. The molecule has 0 radical (unpaired) electrons. The Kier molecular flexibility index (Phi) is 3.76. The van der Waals surface area contributed by atoms with Gasteiger partial charge >= 0.3 is 0 Å². The van der Waals surface area contributed by atoms with Crippen LogP contribution in [0.3, 0.4) is 0 Å². The van der Waals surface area contributed by atoms with Crippen molar-refractivity contribution < 1.29 is 4.79 Å². The van der Waals surface area contributed by atoms with Crippen molar-refractivity contribution >= 4 is 23.2 Å². The number of hydrogen-bond donors (Lipinski definition) is 1. The summed E-state index contributed by atoms with van der Waals surface area (Å²) >= 11 is 5.92. The first-order valence-electron chi connectivity index (χ1n) is 5.75. The van der Waals surface area contributed by atoms with Crippen molar-refractivity contribution in [3.05, 3.63) is 46.7 Å². The van der Waals surface area contributed by atoms with Crippen molar-refractivity contribution in [2.24, 2.45) is 7.05 Å². The van der Waals surface area contributed by atoms with Crippen molar-refractivity contribution in [2.75, 3.05) is 12.8 Å². The Morgan fingerprint density at radius 3 is 2.84 bits per heavy atom. The van der Waals surface area contributed by atoms with E-state index in [2.05, 4.69) is 5.10 Å². The largest absolute Gasteiger partial charge is 0.398 e. The lowest BCUT2D eigenvalue weighted by Crippen LogP contribution is -2.26. The number of hydrogen-bond acceptors (Lipinski definition) is 3. The van der Waals surface area contributed by atoms with E-state index in [9.17, 15) is 4.79 Å². The number of nitrogens with zero attached hydrogens (tertiary/aromatic N) is 3. The number of amides is 1. The van der Waals surface area contributed by atoms with E-state index in [0.29, 0.717) is 22.8 Å². The Hall–Kier alpha value is -2.01. The van der Waals surface area contributed by atoms with Gasteiger partial charge in [-0.2, -0.15) is 5.10 Å². The lowest BCUT2D eigenvalue weighted by molar-refractivity contribution is 0.0785. The fourth-order valence-electron chi connectivity index (χ4n) is 1.78. The third-order valence-electron chi connectivity index (χ3n) is 2.77. The van der Waals surface area contributed by atoms with Crippen molar-refractivity contribution in [3.8, 4) is 0 Å². The van der Waals surface area contributed by atoms with Gasteiger partial charge in [-0.1, -0.05) is 11.6 Å². The summed E-state index contributed by atoms with van der Waals surface area (Å²) in [5.41, 5.74) is 7.58. The molecule has 6 heteroatoms. The number of carbonyl (C=O) groups excluding carboxylic acids is 1. The van der Waals surface area contributed by atoms with Gasteiger partial charge in [-0.15, -0.1) is 0 Å². The number of nitrogens with two attached hydrogens (primary N) is 1. The Balaban J connectivity index is 2.12. The first-order valence-corrected chi connectivity index (χ1v) is 6.13. The van der Waals surface area contributed by atoms with E-state index in [1.165, 1.54) is 0 Å². The Morgan fingerprint density at radius 2 is 2.26 bits per heavy atom. The third-order valence-corrected chi connectivity index (χ3v) is 3.10. The van der Waals surface area contributed by atoms with E-state index in [1.54, 1.807) is 41.0 Å². The molecule has 0 aliphatic carbocycles. The molecule has 0 saturated carbocycles. The number of halogens is 1. The number of carbonyl (C=O) groups is 1. The molecular formula is C13H15ClN4O. The van der Waals surface area contributed by atoms with Gasteiger partial charge in [0.05, 0.1) is 16.9 Å². The predicted molar refractivity (Wildman–Crippen MR) is 74.9 cm³/mol. The van der Waals surface area contributed by atoms with E-state index in [1.807, 2.05) is 13.2 Å². The summed E-state index contributed by atoms with van der Waals surface area (Å²) in [6.07, 6.45) is 3.61. The van der Waals surface area contributed by atoms with Crippen LogP contribution < -0.4 is 5.73 Å². The minimum absolute atomic E-state index is 0.106. The summed E-state index contributed by atoms with van der Waals surface area (Å²) < 4.78 is 1.70. The molecule has 2 N–H and O–H groups in total. The summed E-state index contributed by atoms with van der Waals surface area (Å²) in [6, 6.07) is 4.88. The first-order chi connectivity index (χ1) is 8.97. The van der Waals surface area contributed by atoms with E-state index in [-0.39, 0.29) is 5.91 Å². The van der Waals surface area contributed by atoms with Gasteiger partial charge in [-0.05, 0) is 18.2 Å². The summed E-state index contributed by atoms with van der Waals surface area (Å²) in [7, 11) is 3.57. The maximum atomic E-state index is 12.2. The predicted octanol–water partition coefficient (Wildman–Crippen LogP) is 1.93. The molecule has 0 bridgehead atoms. The summed E-state index contributed by atoms with van der Waals surface area (Å²) in [6.45, 7) is 0.495. The van der Waals surface area contributed by atoms with Gasteiger partial charge in [0.15, 0.2) is 0 Å². The first kappa shape index (κ1) is 13.4. The minimum Gasteiger partial charge on any atom is -0.398 e. The highest BCUT2D eigenvalue weighted by molar-refractivity contribution is 6.33. The van der Waals surface area contributed by atoms with Crippen LogP contribution in [-0.2, 0) is 13.6 Å². The average molecular weight is 279 g/mol. The van der Waals surface area contributed by atoms with Crippen molar-refractivity contribution in [2.45, 2.75) is 6.54 Å². The number of benzene rings is 1.